The minimum Gasteiger partial charge on any atom is -0.0991 e. The van der Waals surface area contributed by atoms with Gasteiger partial charge in [-0.25, -0.2) is 0 Å². The molecule has 0 amide bonds. The highest BCUT2D eigenvalue weighted by atomic mass is 13.9. The van der Waals surface area contributed by atoms with Gasteiger partial charge in [0.2, 0.25) is 0 Å². The van der Waals surface area contributed by atoms with Gasteiger partial charge in [0.1, 0.15) is 0 Å². The lowest BCUT2D eigenvalue weighted by Gasteiger charge is -1.94. The van der Waals surface area contributed by atoms with Crippen LogP contribution in [-0.4, -0.2) is 0 Å². The average molecular weight is 246 g/mol. The van der Waals surface area contributed by atoms with Gasteiger partial charge in [-0.05, 0) is 18.1 Å². The predicted molar refractivity (Wildman–Crippen MR) is 90.9 cm³/mol. The monoisotopic (exact) mass is 246 g/mol. The summed E-state index contributed by atoms with van der Waals surface area (Å²) in [4.78, 5) is 0. The van der Waals surface area contributed by atoms with E-state index < -0.39 is 0 Å². The largest absolute Gasteiger partial charge is 0.0991 e. The second-order valence-corrected chi connectivity index (χ2v) is 2.61. The zero-order valence-corrected chi connectivity index (χ0v) is 11.6. The molecule has 0 atom stereocenters. The Labute approximate surface area is 115 Å². The van der Waals surface area contributed by atoms with Crippen molar-refractivity contribution in [1.82, 2.24) is 0 Å². The minimum atomic E-state index is 0. The summed E-state index contributed by atoms with van der Waals surface area (Å²) < 4.78 is 0. The smallest absolute Gasteiger partial charge is 0.0262 e. The maximum Gasteiger partial charge on any atom is -0.0262 e. The molecule has 0 nitrogen and oxygen atoms in total. The molecule has 0 bridgehead atoms. The molecular formula is C18H30. The molecule has 0 heterocycles. The van der Waals surface area contributed by atoms with E-state index in [4.69, 9.17) is 0 Å². The lowest BCUT2D eigenvalue weighted by Crippen LogP contribution is -1.74. The molecular weight excluding hydrogens is 216 g/mol. The third kappa shape index (κ3) is 23.8. The van der Waals surface area contributed by atoms with Gasteiger partial charge in [-0.3, -0.25) is 0 Å². The average Bonchev–Trinajstić information content (AvgIpc) is 2.39. The normalized spacial score (nSPS) is 7.94. The van der Waals surface area contributed by atoms with Gasteiger partial charge in [0.15, 0.2) is 0 Å². The van der Waals surface area contributed by atoms with Gasteiger partial charge >= 0.3 is 0 Å². The molecule has 0 unspecified atom stereocenters. The molecule has 0 radical (unpaired) electrons. The fourth-order valence-electron chi connectivity index (χ4n) is 0.558. The van der Waals surface area contributed by atoms with Crippen molar-refractivity contribution in [3.8, 4) is 0 Å². The second-order valence-electron chi connectivity index (χ2n) is 2.61. The zero-order chi connectivity index (χ0) is 14.1. The zero-order valence-electron chi connectivity index (χ0n) is 11.6. The Morgan fingerprint density at radius 3 is 1.50 bits per heavy atom. The van der Waals surface area contributed by atoms with Crippen LogP contribution in [0.15, 0.2) is 86.6 Å². The predicted octanol–water partition coefficient (Wildman–Crippen LogP) is 6.44. The minimum absolute atomic E-state index is 0. The maximum atomic E-state index is 3.76. The summed E-state index contributed by atoms with van der Waals surface area (Å²) in [7, 11) is 0. The summed E-state index contributed by atoms with van der Waals surface area (Å²) >= 11 is 0. The lowest BCUT2D eigenvalue weighted by atomic mass is 10.1. The summed E-state index contributed by atoms with van der Waals surface area (Å²) in [6, 6.07) is 0. The fraction of sp³-hybridized carbons (Fsp3) is 0.222. The summed E-state index contributed by atoms with van der Waals surface area (Å²) in [5.74, 6) is 0. The van der Waals surface area contributed by atoms with Crippen molar-refractivity contribution in [2.45, 2.75) is 28.2 Å². The summed E-state index contributed by atoms with van der Waals surface area (Å²) in [6.07, 6.45) is 12.6. The first-order chi connectivity index (χ1) is 8.13. The van der Waals surface area contributed by atoms with E-state index in [9.17, 15) is 0 Å². The van der Waals surface area contributed by atoms with Crippen LogP contribution in [0.2, 0.25) is 0 Å². The number of allylic oxidation sites excluding steroid dienone is 9. The molecule has 0 saturated heterocycles. The Morgan fingerprint density at radius 1 is 0.833 bits per heavy atom. The topological polar surface area (TPSA) is 0 Å². The Bertz CT molecular complexity index is 285. The van der Waals surface area contributed by atoms with Crippen LogP contribution < -0.4 is 0 Å². The number of hydrogen-bond donors (Lipinski definition) is 0. The van der Waals surface area contributed by atoms with Gasteiger partial charge in [0, 0.05) is 0 Å². The SMILES string of the molecule is C.C=C/C=C\C.C=C/C=C\C(=C)C(=C)C=C.CC. The summed E-state index contributed by atoms with van der Waals surface area (Å²) in [5.41, 5.74) is 1.72. The highest BCUT2D eigenvalue weighted by molar-refractivity contribution is 5.42. The molecule has 0 heteroatoms. The van der Waals surface area contributed by atoms with Crippen LogP contribution in [-0.2, 0) is 0 Å². The standard InChI is InChI=1S/C10H12.C5H8.C2H6.CH4/c1-5-7-8-10(4)9(3)6-2;1-3-5-4-2;1-2;/h5-8H,1-4H2;3-5H,1H2,2H3;1-2H3;1H4/b8-7-;5-4-;;. The third-order valence-corrected chi connectivity index (χ3v) is 1.42. The van der Waals surface area contributed by atoms with Crippen molar-refractivity contribution in [3.05, 3.63) is 86.6 Å². The molecule has 0 aliphatic rings. The molecule has 0 N–H and O–H groups in total. The van der Waals surface area contributed by atoms with Gasteiger partial charge in [0.05, 0.1) is 0 Å². The molecule has 0 saturated carbocycles. The van der Waals surface area contributed by atoms with E-state index in [1.807, 2.05) is 45.1 Å². The molecule has 0 fully saturated rings. The van der Waals surface area contributed by atoms with Crippen LogP contribution in [0.4, 0.5) is 0 Å². The molecule has 102 valence electrons. The van der Waals surface area contributed by atoms with E-state index in [0.29, 0.717) is 0 Å². The van der Waals surface area contributed by atoms with Gasteiger partial charge in [-0.1, -0.05) is 96.7 Å². The van der Waals surface area contributed by atoms with E-state index in [0.717, 1.165) is 11.1 Å². The van der Waals surface area contributed by atoms with Crippen molar-refractivity contribution in [3.63, 3.8) is 0 Å². The first-order valence-corrected chi connectivity index (χ1v) is 5.67. The third-order valence-electron chi connectivity index (χ3n) is 1.42. The van der Waals surface area contributed by atoms with E-state index in [1.165, 1.54) is 0 Å². The van der Waals surface area contributed by atoms with E-state index in [1.54, 1.807) is 18.2 Å². The van der Waals surface area contributed by atoms with Gasteiger partial charge < -0.3 is 0 Å². The van der Waals surface area contributed by atoms with Crippen molar-refractivity contribution >= 4 is 0 Å². The van der Waals surface area contributed by atoms with E-state index >= 15 is 0 Å². The Balaban J connectivity index is -0.000000105. The van der Waals surface area contributed by atoms with Gasteiger partial charge in [-0.15, -0.1) is 0 Å². The van der Waals surface area contributed by atoms with Crippen LogP contribution in [0.3, 0.4) is 0 Å². The van der Waals surface area contributed by atoms with Crippen molar-refractivity contribution in [2.24, 2.45) is 0 Å². The Morgan fingerprint density at radius 2 is 1.28 bits per heavy atom. The maximum absolute atomic E-state index is 3.76. The van der Waals surface area contributed by atoms with Crippen LogP contribution in [0, 0.1) is 0 Å². The molecule has 0 aromatic rings. The lowest BCUT2D eigenvalue weighted by molar-refractivity contribution is 1.50. The van der Waals surface area contributed by atoms with Crippen LogP contribution in [0.5, 0.6) is 0 Å². The van der Waals surface area contributed by atoms with Crippen LogP contribution >= 0.6 is 0 Å². The first-order valence-electron chi connectivity index (χ1n) is 5.67. The highest BCUT2D eigenvalue weighted by Gasteiger charge is 1.86. The van der Waals surface area contributed by atoms with Crippen LogP contribution in [0.25, 0.3) is 0 Å². The summed E-state index contributed by atoms with van der Waals surface area (Å²) in [5, 5.41) is 0. The quantitative estimate of drug-likeness (QED) is 0.490. The van der Waals surface area contributed by atoms with Crippen molar-refractivity contribution in [2.75, 3.05) is 0 Å². The second kappa shape index (κ2) is 24.4. The van der Waals surface area contributed by atoms with E-state index in [-0.39, 0.29) is 7.43 Å². The molecule has 0 aromatic carbocycles. The van der Waals surface area contributed by atoms with Crippen LogP contribution in [0.1, 0.15) is 28.2 Å². The number of rotatable bonds is 5. The van der Waals surface area contributed by atoms with Crippen molar-refractivity contribution < 1.29 is 0 Å². The fourth-order valence-corrected chi connectivity index (χ4v) is 0.558. The molecule has 0 rings (SSSR count). The van der Waals surface area contributed by atoms with Gasteiger partial charge in [-0.2, -0.15) is 0 Å². The first kappa shape index (κ1) is 25.1. The van der Waals surface area contributed by atoms with Gasteiger partial charge in [0.25, 0.3) is 0 Å². The van der Waals surface area contributed by atoms with E-state index in [2.05, 4.69) is 32.9 Å². The molecule has 0 aromatic heterocycles. The number of hydrogen-bond acceptors (Lipinski definition) is 0. The molecule has 0 spiro atoms. The van der Waals surface area contributed by atoms with Crippen molar-refractivity contribution in [1.29, 1.82) is 0 Å². The molecule has 0 aliphatic carbocycles. The molecule has 18 heavy (non-hydrogen) atoms. The Hall–Kier alpha value is -1.82. The summed E-state index contributed by atoms with van der Waals surface area (Å²) in [6.45, 7) is 24.0. The highest BCUT2D eigenvalue weighted by Crippen LogP contribution is 2.06. The molecule has 0 aliphatic heterocycles. The Kier molecular flexibility index (Phi) is 34.1.